The molecule has 0 bridgehead atoms. The first kappa shape index (κ1) is 26.6. The minimum absolute atomic E-state index is 0.00709. The molecule has 1 fully saturated rings. The maximum atomic E-state index is 13.4. The SMILES string of the molecule is CN(C)CCCNc1nc(CN2CCN(C(=O)c3ccccc3Oc3ccccc3)CC2)nc2ccccc12. The average molecular weight is 525 g/mol. The molecule has 1 aromatic heterocycles. The number of para-hydroxylation sites is 3. The van der Waals surface area contributed by atoms with Crippen molar-refractivity contribution in [3.05, 3.63) is 90.3 Å². The van der Waals surface area contributed by atoms with E-state index in [1.54, 1.807) is 0 Å². The van der Waals surface area contributed by atoms with Crippen molar-refractivity contribution in [2.75, 3.05) is 58.7 Å². The minimum Gasteiger partial charge on any atom is -0.457 e. The molecule has 1 N–H and O–H groups in total. The van der Waals surface area contributed by atoms with Crippen LogP contribution in [0, 0.1) is 0 Å². The summed E-state index contributed by atoms with van der Waals surface area (Å²) < 4.78 is 6.03. The summed E-state index contributed by atoms with van der Waals surface area (Å²) in [5, 5.41) is 4.56. The van der Waals surface area contributed by atoms with Crippen molar-refractivity contribution in [3.63, 3.8) is 0 Å². The first-order valence-electron chi connectivity index (χ1n) is 13.5. The highest BCUT2D eigenvalue weighted by atomic mass is 16.5. The zero-order valence-electron chi connectivity index (χ0n) is 22.7. The van der Waals surface area contributed by atoms with Crippen LogP contribution in [0.4, 0.5) is 5.82 Å². The van der Waals surface area contributed by atoms with Gasteiger partial charge in [-0.05, 0) is 63.5 Å². The van der Waals surface area contributed by atoms with Crippen LogP contribution in [0.25, 0.3) is 10.9 Å². The molecule has 0 atom stereocenters. The Balaban J connectivity index is 1.22. The van der Waals surface area contributed by atoms with Gasteiger partial charge in [-0.25, -0.2) is 9.97 Å². The summed E-state index contributed by atoms with van der Waals surface area (Å²) in [6, 6.07) is 25.2. The lowest BCUT2D eigenvalue weighted by Gasteiger charge is -2.34. The summed E-state index contributed by atoms with van der Waals surface area (Å²) >= 11 is 0. The van der Waals surface area contributed by atoms with Crippen LogP contribution >= 0.6 is 0 Å². The van der Waals surface area contributed by atoms with Crippen molar-refractivity contribution in [1.29, 1.82) is 0 Å². The molecule has 202 valence electrons. The Bertz CT molecular complexity index is 1390. The monoisotopic (exact) mass is 524 g/mol. The van der Waals surface area contributed by atoms with E-state index in [0.717, 1.165) is 55.1 Å². The summed E-state index contributed by atoms with van der Waals surface area (Å²) in [4.78, 5) is 29.6. The molecule has 1 amide bonds. The standard InChI is InChI=1S/C31H36N6O2/c1-35(2)18-10-17-32-30-25-13-6-8-15-27(25)33-29(34-30)23-36-19-21-37(22-20-36)31(38)26-14-7-9-16-28(26)39-24-11-4-3-5-12-24/h3-9,11-16H,10,17-23H2,1-2H3,(H,32,33,34). The van der Waals surface area contributed by atoms with Gasteiger partial charge >= 0.3 is 0 Å². The van der Waals surface area contributed by atoms with Crippen LogP contribution in [0.3, 0.4) is 0 Å². The molecule has 0 aliphatic carbocycles. The number of benzene rings is 3. The van der Waals surface area contributed by atoms with E-state index < -0.39 is 0 Å². The van der Waals surface area contributed by atoms with Crippen molar-refractivity contribution < 1.29 is 9.53 Å². The molecule has 39 heavy (non-hydrogen) atoms. The Hall–Kier alpha value is -4.01. The summed E-state index contributed by atoms with van der Waals surface area (Å²) in [5.74, 6) is 2.96. The Morgan fingerprint density at radius 1 is 0.897 bits per heavy atom. The second-order valence-electron chi connectivity index (χ2n) is 10.1. The van der Waals surface area contributed by atoms with E-state index in [2.05, 4.69) is 35.3 Å². The van der Waals surface area contributed by atoms with E-state index in [4.69, 9.17) is 14.7 Å². The van der Waals surface area contributed by atoms with E-state index in [9.17, 15) is 4.79 Å². The zero-order valence-corrected chi connectivity index (χ0v) is 22.7. The fourth-order valence-corrected chi connectivity index (χ4v) is 4.76. The highest BCUT2D eigenvalue weighted by Crippen LogP contribution is 2.27. The number of carbonyl (C=O) groups is 1. The van der Waals surface area contributed by atoms with Crippen LogP contribution in [0.1, 0.15) is 22.6 Å². The van der Waals surface area contributed by atoms with Crippen LogP contribution in [0.15, 0.2) is 78.9 Å². The predicted molar refractivity (Wildman–Crippen MR) is 155 cm³/mol. The number of nitrogens with zero attached hydrogens (tertiary/aromatic N) is 5. The summed E-state index contributed by atoms with van der Waals surface area (Å²) in [6.45, 7) is 5.32. The summed E-state index contributed by atoms with van der Waals surface area (Å²) in [6.07, 6.45) is 1.04. The van der Waals surface area contributed by atoms with E-state index in [1.165, 1.54) is 0 Å². The Morgan fingerprint density at radius 2 is 1.62 bits per heavy atom. The largest absolute Gasteiger partial charge is 0.457 e. The van der Waals surface area contributed by atoms with Gasteiger partial charge in [0, 0.05) is 38.1 Å². The number of ether oxygens (including phenoxy) is 1. The van der Waals surface area contributed by atoms with Crippen molar-refractivity contribution in [3.8, 4) is 11.5 Å². The van der Waals surface area contributed by atoms with Crippen LogP contribution in [0.2, 0.25) is 0 Å². The van der Waals surface area contributed by atoms with Gasteiger partial charge in [-0.3, -0.25) is 9.69 Å². The van der Waals surface area contributed by atoms with Crippen molar-refractivity contribution >= 4 is 22.6 Å². The molecule has 3 aromatic carbocycles. The Labute approximate surface area is 230 Å². The lowest BCUT2D eigenvalue weighted by atomic mass is 10.1. The second kappa shape index (κ2) is 12.7. The third-order valence-corrected chi connectivity index (χ3v) is 6.84. The van der Waals surface area contributed by atoms with Gasteiger partial charge in [0.1, 0.15) is 23.1 Å². The lowest BCUT2D eigenvalue weighted by Crippen LogP contribution is -2.48. The quantitative estimate of drug-likeness (QED) is 0.300. The first-order chi connectivity index (χ1) is 19.1. The Kier molecular flexibility index (Phi) is 8.65. The number of carbonyl (C=O) groups excluding carboxylic acids is 1. The number of anilines is 1. The van der Waals surface area contributed by atoms with Gasteiger partial charge in [-0.2, -0.15) is 0 Å². The fourth-order valence-electron chi connectivity index (χ4n) is 4.76. The smallest absolute Gasteiger partial charge is 0.257 e. The van der Waals surface area contributed by atoms with E-state index in [-0.39, 0.29) is 5.91 Å². The maximum absolute atomic E-state index is 13.4. The van der Waals surface area contributed by atoms with Crippen LogP contribution < -0.4 is 10.1 Å². The molecule has 0 saturated carbocycles. The number of fused-ring (bicyclic) bond motifs is 1. The molecule has 5 rings (SSSR count). The summed E-state index contributed by atoms with van der Waals surface area (Å²) in [5.41, 5.74) is 1.53. The van der Waals surface area contributed by atoms with E-state index in [1.807, 2.05) is 77.7 Å². The molecule has 4 aromatic rings. The molecule has 0 radical (unpaired) electrons. The normalized spacial score (nSPS) is 14.1. The molecule has 8 heteroatoms. The lowest BCUT2D eigenvalue weighted by molar-refractivity contribution is 0.0623. The molecule has 0 spiro atoms. The van der Waals surface area contributed by atoms with E-state index >= 15 is 0 Å². The van der Waals surface area contributed by atoms with Crippen molar-refractivity contribution in [2.45, 2.75) is 13.0 Å². The van der Waals surface area contributed by atoms with Crippen LogP contribution in [-0.4, -0.2) is 83.9 Å². The van der Waals surface area contributed by atoms with Gasteiger partial charge < -0.3 is 19.9 Å². The van der Waals surface area contributed by atoms with Gasteiger partial charge in [0.15, 0.2) is 0 Å². The van der Waals surface area contributed by atoms with Crippen molar-refractivity contribution in [2.24, 2.45) is 0 Å². The number of nitrogens with one attached hydrogen (secondary N) is 1. The molecule has 8 nitrogen and oxygen atoms in total. The van der Waals surface area contributed by atoms with Gasteiger partial charge in [0.2, 0.25) is 0 Å². The van der Waals surface area contributed by atoms with Crippen LogP contribution in [0.5, 0.6) is 11.5 Å². The minimum atomic E-state index is -0.00709. The third kappa shape index (κ3) is 6.90. The van der Waals surface area contributed by atoms with Crippen LogP contribution in [-0.2, 0) is 6.54 Å². The number of amides is 1. The second-order valence-corrected chi connectivity index (χ2v) is 10.1. The molecule has 1 aliphatic heterocycles. The third-order valence-electron chi connectivity index (χ3n) is 6.84. The maximum Gasteiger partial charge on any atom is 0.257 e. The molecule has 1 aliphatic rings. The number of piperazine rings is 1. The zero-order chi connectivity index (χ0) is 27.0. The molecular formula is C31H36N6O2. The predicted octanol–water partition coefficient (Wildman–Crippen LogP) is 4.74. The molecule has 2 heterocycles. The molecular weight excluding hydrogens is 488 g/mol. The topological polar surface area (TPSA) is 73.8 Å². The number of rotatable bonds is 10. The number of hydrogen-bond donors (Lipinski definition) is 1. The average Bonchev–Trinajstić information content (AvgIpc) is 2.96. The highest BCUT2D eigenvalue weighted by molar-refractivity contribution is 5.97. The van der Waals surface area contributed by atoms with Gasteiger partial charge in [-0.15, -0.1) is 0 Å². The summed E-state index contributed by atoms with van der Waals surface area (Å²) in [7, 11) is 4.17. The number of hydrogen-bond acceptors (Lipinski definition) is 7. The van der Waals surface area contributed by atoms with Gasteiger partial charge in [0.05, 0.1) is 17.6 Å². The van der Waals surface area contributed by atoms with Gasteiger partial charge in [0.25, 0.3) is 5.91 Å². The number of aromatic nitrogens is 2. The molecule has 0 unspecified atom stereocenters. The first-order valence-corrected chi connectivity index (χ1v) is 13.5. The Morgan fingerprint density at radius 3 is 2.41 bits per heavy atom. The highest BCUT2D eigenvalue weighted by Gasteiger charge is 2.25. The van der Waals surface area contributed by atoms with E-state index in [0.29, 0.717) is 36.7 Å². The fraction of sp³-hybridized carbons (Fsp3) is 0.323. The van der Waals surface area contributed by atoms with Crippen molar-refractivity contribution in [1.82, 2.24) is 24.7 Å². The van der Waals surface area contributed by atoms with Gasteiger partial charge in [-0.1, -0.05) is 42.5 Å². The molecule has 1 saturated heterocycles.